The molecule has 0 aliphatic carbocycles. The van der Waals surface area contributed by atoms with Gasteiger partial charge >= 0.3 is 5.97 Å². The van der Waals surface area contributed by atoms with Crippen LogP contribution in [0.1, 0.15) is 55.8 Å². The van der Waals surface area contributed by atoms with Crippen molar-refractivity contribution < 1.29 is 9.90 Å². The summed E-state index contributed by atoms with van der Waals surface area (Å²) in [5.74, 6) is -0.692. The van der Waals surface area contributed by atoms with Gasteiger partial charge in [0.1, 0.15) is 0 Å². The van der Waals surface area contributed by atoms with Gasteiger partial charge in [0, 0.05) is 17.8 Å². The van der Waals surface area contributed by atoms with E-state index in [1.54, 1.807) is 11.3 Å². The molecule has 0 amide bonds. The van der Waals surface area contributed by atoms with Gasteiger partial charge in [0.05, 0.1) is 16.7 Å². The molecule has 2 unspecified atom stereocenters. The lowest BCUT2D eigenvalue weighted by Gasteiger charge is -2.39. The number of carboxylic acid groups (broad SMARTS) is 1. The van der Waals surface area contributed by atoms with Crippen LogP contribution < -0.4 is 0 Å². The number of hydrogen-bond acceptors (Lipinski definition) is 4. The van der Waals surface area contributed by atoms with E-state index in [9.17, 15) is 4.79 Å². The van der Waals surface area contributed by atoms with Gasteiger partial charge in [-0.1, -0.05) is 6.42 Å². The van der Waals surface area contributed by atoms with E-state index in [0.29, 0.717) is 12.1 Å². The molecule has 0 spiro atoms. The number of likely N-dealkylation sites (tertiary alicyclic amines) is 1. The second-order valence-corrected chi connectivity index (χ2v) is 6.35. The van der Waals surface area contributed by atoms with Gasteiger partial charge in [0.15, 0.2) is 0 Å². The smallest absolute Gasteiger partial charge is 0.303 e. The van der Waals surface area contributed by atoms with Crippen LogP contribution in [0.5, 0.6) is 0 Å². The first-order valence-corrected chi connectivity index (χ1v) is 7.85. The number of carbonyl (C=O) groups is 1. The van der Waals surface area contributed by atoms with E-state index in [1.807, 2.05) is 6.92 Å². The number of nitrogens with zero attached hydrogens (tertiary/aromatic N) is 2. The highest BCUT2D eigenvalue weighted by molar-refractivity contribution is 7.09. The molecule has 106 valence electrons. The van der Waals surface area contributed by atoms with Gasteiger partial charge in [0.25, 0.3) is 0 Å². The number of thiazole rings is 1. The Morgan fingerprint density at radius 3 is 3.05 bits per heavy atom. The van der Waals surface area contributed by atoms with Crippen molar-refractivity contribution in [3.05, 3.63) is 16.1 Å². The number of aliphatic carboxylic acids is 1. The summed E-state index contributed by atoms with van der Waals surface area (Å²) in [4.78, 5) is 17.8. The van der Waals surface area contributed by atoms with Crippen molar-refractivity contribution in [1.29, 1.82) is 0 Å². The molecule has 0 saturated carbocycles. The monoisotopic (exact) mass is 282 g/mol. The minimum absolute atomic E-state index is 0.268. The first-order valence-electron chi connectivity index (χ1n) is 6.97. The quantitative estimate of drug-likeness (QED) is 0.901. The normalized spacial score (nSPS) is 22.3. The molecule has 2 rings (SSSR count). The molecule has 1 fully saturated rings. The summed E-state index contributed by atoms with van der Waals surface area (Å²) in [5, 5.41) is 12.1. The zero-order valence-corrected chi connectivity index (χ0v) is 12.4. The standard InChI is InChI=1S/C14H22N2O2S/c1-10(13-9-19-11(2)15-13)16-8-4-3-5-12(16)6-7-14(17)18/h9-10,12H,3-8H2,1-2H3,(H,17,18). The molecule has 0 radical (unpaired) electrons. The minimum Gasteiger partial charge on any atom is -0.481 e. The second-order valence-electron chi connectivity index (χ2n) is 5.29. The highest BCUT2D eigenvalue weighted by Crippen LogP contribution is 2.30. The Hall–Kier alpha value is -0.940. The van der Waals surface area contributed by atoms with Crippen molar-refractivity contribution in [2.45, 2.75) is 58.0 Å². The Kier molecular flexibility index (Phi) is 4.93. The van der Waals surface area contributed by atoms with Crippen LogP contribution in [0.25, 0.3) is 0 Å². The lowest BCUT2D eigenvalue weighted by molar-refractivity contribution is -0.137. The van der Waals surface area contributed by atoms with E-state index in [-0.39, 0.29) is 6.42 Å². The van der Waals surface area contributed by atoms with Gasteiger partial charge in [-0.25, -0.2) is 4.98 Å². The topological polar surface area (TPSA) is 53.4 Å². The van der Waals surface area contributed by atoms with Gasteiger partial charge in [-0.2, -0.15) is 0 Å². The minimum atomic E-state index is -0.692. The molecule has 1 aliphatic rings. The predicted molar refractivity (Wildman–Crippen MR) is 76.5 cm³/mol. The van der Waals surface area contributed by atoms with E-state index in [2.05, 4.69) is 22.2 Å². The van der Waals surface area contributed by atoms with Gasteiger partial charge in [-0.15, -0.1) is 11.3 Å². The Bertz CT molecular complexity index is 433. The largest absolute Gasteiger partial charge is 0.481 e. The van der Waals surface area contributed by atoms with Crippen LogP contribution in [-0.2, 0) is 4.79 Å². The average molecular weight is 282 g/mol. The van der Waals surface area contributed by atoms with Crippen LogP contribution in [-0.4, -0.2) is 33.5 Å². The number of carboxylic acids is 1. The van der Waals surface area contributed by atoms with Gasteiger partial charge < -0.3 is 5.11 Å². The fraction of sp³-hybridized carbons (Fsp3) is 0.714. The molecule has 1 aromatic rings. The molecule has 2 heterocycles. The van der Waals surface area contributed by atoms with Crippen LogP contribution in [0.15, 0.2) is 5.38 Å². The SMILES string of the molecule is Cc1nc(C(C)N2CCCCC2CCC(=O)O)cs1. The lowest BCUT2D eigenvalue weighted by Crippen LogP contribution is -2.41. The van der Waals surface area contributed by atoms with E-state index in [1.165, 1.54) is 12.8 Å². The summed E-state index contributed by atoms with van der Waals surface area (Å²) in [6, 6.07) is 0.686. The molecule has 19 heavy (non-hydrogen) atoms. The molecule has 1 aliphatic heterocycles. The highest BCUT2D eigenvalue weighted by atomic mass is 32.1. The third kappa shape index (κ3) is 3.76. The van der Waals surface area contributed by atoms with Gasteiger partial charge in [-0.05, 0) is 39.7 Å². The van der Waals surface area contributed by atoms with Gasteiger partial charge in [-0.3, -0.25) is 9.69 Å². The third-order valence-electron chi connectivity index (χ3n) is 3.93. The summed E-state index contributed by atoms with van der Waals surface area (Å²) in [5.41, 5.74) is 1.13. The molecular weight excluding hydrogens is 260 g/mol. The van der Waals surface area contributed by atoms with Crippen molar-refractivity contribution in [2.24, 2.45) is 0 Å². The molecule has 1 N–H and O–H groups in total. The number of rotatable bonds is 5. The molecule has 1 aromatic heterocycles. The van der Waals surface area contributed by atoms with Gasteiger partial charge in [0.2, 0.25) is 0 Å². The van der Waals surface area contributed by atoms with Crippen molar-refractivity contribution in [3.63, 3.8) is 0 Å². The van der Waals surface area contributed by atoms with E-state index in [0.717, 1.165) is 30.1 Å². The summed E-state index contributed by atoms with van der Waals surface area (Å²) in [7, 11) is 0. The molecule has 0 bridgehead atoms. The molecule has 1 saturated heterocycles. The maximum absolute atomic E-state index is 10.8. The Morgan fingerprint density at radius 2 is 2.42 bits per heavy atom. The predicted octanol–water partition coefficient (Wildman–Crippen LogP) is 3.23. The summed E-state index contributed by atoms with van der Waals surface area (Å²) >= 11 is 1.68. The molecule has 4 nitrogen and oxygen atoms in total. The van der Waals surface area contributed by atoms with Crippen molar-refractivity contribution in [3.8, 4) is 0 Å². The lowest BCUT2D eigenvalue weighted by atomic mass is 9.95. The fourth-order valence-corrected chi connectivity index (χ4v) is 3.57. The zero-order valence-electron chi connectivity index (χ0n) is 11.6. The van der Waals surface area contributed by atoms with Crippen LogP contribution in [0, 0.1) is 6.92 Å². The Labute approximate surface area is 118 Å². The van der Waals surface area contributed by atoms with Crippen molar-refractivity contribution in [2.75, 3.05) is 6.54 Å². The summed E-state index contributed by atoms with van der Waals surface area (Å²) in [6.07, 6.45) is 4.55. The van der Waals surface area contributed by atoms with Crippen LogP contribution >= 0.6 is 11.3 Å². The zero-order chi connectivity index (χ0) is 13.8. The van der Waals surface area contributed by atoms with Crippen LogP contribution in [0.3, 0.4) is 0 Å². The highest BCUT2D eigenvalue weighted by Gasteiger charge is 2.28. The Balaban J connectivity index is 2.03. The molecule has 0 aromatic carbocycles. The van der Waals surface area contributed by atoms with E-state index < -0.39 is 5.97 Å². The van der Waals surface area contributed by atoms with Crippen molar-refractivity contribution in [1.82, 2.24) is 9.88 Å². The maximum Gasteiger partial charge on any atom is 0.303 e. The number of aromatic nitrogens is 1. The van der Waals surface area contributed by atoms with Crippen LogP contribution in [0.4, 0.5) is 0 Å². The Morgan fingerprint density at radius 1 is 1.63 bits per heavy atom. The first kappa shape index (κ1) is 14.5. The molecular formula is C14H22N2O2S. The molecule has 5 heteroatoms. The van der Waals surface area contributed by atoms with Crippen LogP contribution in [0.2, 0.25) is 0 Å². The summed E-state index contributed by atoms with van der Waals surface area (Å²) in [6.45, 7) is 5.27. The second kappa shape index (κ2) is 6.48. The average Bonchev–Trinajstić information content (AvgIpc) is 2.82. The summed E-state index contributed by atoms with van der Waals surface area (Å²) < 4.78 is 0. The maximum atomic E-state index is 10.8. The number of hydrogen-bond donors (Lipinski definition) is 1. The van der Waals surface area contributed by atoms with E-state index >= 15 is 0 Å². The fourth-order valence-electron chi connectivity index (χ4n) is 2.87. The number of piperidine rings is 1. The third-order valence-corrected chi connectivity index (χ3v) is 4.72. The number of aryl methyl sites for hydroxylation is 1. The molecule has 2 atom stereocenters. The van der Waals surface area contributed by atoms with Crippen molar-refractivity contribution >= 4 is 17.3 Å². The van der Waals surface area contributed by atoms with E-state index in [4.69, 9.17) is 5.11 Å². The first-order chi connectivity index (χ1) is 9.08.